The molecule has 2 aromatic carbocycles. The van der Waals surface area contributed by atoms with E-state index in [1.165, 1.54) is 0 Å². The minimum Gasteiger partial charge on any atom is -0.378 e. The molecule has 0 spiro atoms. The summed E-state index contributed by atoms with van der Waals surface area (Å²) in [5.74, 6) is 0.00718. The van der Waals surface area contributed by atoms with Crippen LogP contribution in [0, 0.1) is 0 Å². The number of halogens is 1. The van der Waals surface area contributed by atoms with E-state index >= 15 is 0 Å². The lowest BCUT2D eigenvalue weighted by molar-refractivity contribution is 0.0742. The van der Waals surface area contributed by atoms with Gasteiger partial charge in [-0.15, -0.1) is 0 Å². The van der Waals surface area contributed by atoms with E-state index in [2.05, 4.69) is 0 Å². The van der Waals surface area contributed by atoms with E-state index in [0.717, 1.165) is 11.3 Å². The van der Waals surface area contributed by atoms with Crippen molar-refractivity contribution >= 4 is 23.2 Å². The van der Waals surface area contributed by atoms with Crippen molar-refractivity contribution in [1.29, 1.82) is 0 Å². The highest BCUT2D eigenvalue weighted by Crippen LogP contribution is 2.23. The Labute approximate surface area is 137 Å². The van der Waals surface area contributed by atoms with Gasteiger partial charge in [-0.1, -0.05) is 23.7 Å². The molecule has 2 rings (SSSR count). The Kier molecular flexibility index (Phi) is 5.09. The second-order valence-electron chi connectivity index (χ2n) is 5.58. The average Bonchev–Trinajstić information content (AvgIpc) is 2.53. The van der Waals surface area contributed by atoms with Gasteiger partial charge in [0.25, 0.3) is 5.91 Å². The Morgan fingerprint density at radius 3 is 2.00 bits per heavy atom. The lowest BCUT2D eigenvalue weighted by Gasteiger charge is -2.25. The van der Waals surface area contributed by atoms with Crippen LogP contribution in [0.4, 0.5) is 5.69 Å². The third kappa shape index (κ3) is 3.60. The minimum absolute atomic E-state index is 0.00718. The number of hydrogen-bond donors (Lipinski definition) is 0. The van der Waals surface area contributed by atoms with E-state index in [-0.39, 0.29) is 11.9 Å². The highest BCUT2D eigenvalue weighted by atomic mass is 35.5. The average molecular weight is 317 g/mol. The first-order valence-corrected chi connectivity index (χ1v) is 7.58. The van der Waals surface area contributed by atoms with E-state index in [4.69, 9.17) is 11.6 Å². The molecule has 0 saturated heterocycles. The molecule has 0 aliphatic rings. The third-order valence-electron chi connectivity index (χ3n) is 3.88. The van der Waals surface area contributed by atoms with Crippen LogP contribution in [0.15, 0.2) is 48.5 Å². The number of carbonyl (C=O) groups is 1. The maximum atomic E-state index is 12.6. The number of benzene rings is 2. The van der Waals surface area contributed by atoms with Gasteiger partial charge >= 0.3 is 0 Å². The first-order valence-electron chi connectivity index (χ1n) is 7.20. The molecule has 22 heavy (non-hydrogen) atoms. The van der Waals surface area contributed by atoms with Gasteiger partial charge in [0.05, 0.1) is 6.04 Å². The molecular weight excluding hydrogens is 296 g/mol. The highest BCUT2D eigenvalue weighted by molar-refractivity contribution is 6.30. The molecule has 1 amide bonds. The topological polar surface area (TPSA) is 23.6 Å². The van der Waals surface area contributed by atoms with E-state index in [0.29, 0.717) is 10.6 Å². The molecule has 1 atom stereocenters. The Morgan fingerprint density at radius 2 is 1.50 bits per heavy atom. The predicted molar refractivity (Wildman–Crippen MR) is 92.7 cm³/mol. The van der Waals surface area contributed by atoms with Gasteiger partial charge in [-0.2, -0.15) is 0 Å². The van der Waals surface area contributed by atoms with E-state index in [9.17, 15) is 4.79 Å². The van der Waals surface area contributed by atoms with Crippen molar-refractivity contribution in [2.45, 2.75) is 13.0 Å². The maximum absolute atomic E-state index is 12.6. The molecule has 1 unspecified atom stereocenters. The standard InChI is InChI=1S/C18H21ClN2O/c1-13(14-5-9-16(19)10-6-14)21(4)18(22)15-7-11-17(12-8-15)20(2)3/h5-13H,1-4H3. The summed E-state index contributed by atoms with van der Waals surface area (Å²) in [5.41, 5.74) is 2.82. The molecule has 116 valence electrons. The number of hydrogen-bond acceptors (Lipinski definition) is 2. The van der Waals surface area contributed by atoms with Crippen molar-refractivity contribution in [3.8, 4) is 0 Å². The number of anilines is 1. The second kappa shape index (κ2) is 6.84. The van der Waals surface area contributed by atoms with Crippen LogP contribution in [-0.4, -0.2) is 32.0 Å². The maximum Gasteiger partial charge on any atom is 0.254 e. The monoisotopic (exact) mass is 316 g/mol. The lowest BCUT2D eigenvalue weighted by atomic mass is 10.1. The van der Waals surface area contributed by atoms with Gasteiger partial charge in [-0.05, 0) is 48.9 Å². The summed E-state index contributed by atoms with van der Waals surface area (Å²) in [6.07, 6.45) is 0. The summed E-state index contributed by atoms with van der Waals surface area (Å²) in [7, 11) is 5.78. The summed E-state index contributed by atoms with van der Waals surface area (Å²) in [6, 6.07) is 15.2. The normalized spacial score (nSPS) is 11.9. The van der Waals surface area contributed by atoms with Gasteiger partial charge in [0.1, 0.15) is 0 Å². The van der Waals surface area contributed by atoms with Crippen LogP contribution in [-0.2, 0) is 0 Å². The molecule has 0 fully saturated rings. The van der Waals surface area contributed by atoms with Crippen molar-refractivity contribution in [3.63, 3.8) is 0 Å². The number of nitrogens with zero attached hydrogens (tertiary/aromatic N) is 2. The SMILES string of the molecule is CC(c1ccc(Cl)cc1)N(C)C(=O)c1ccc(N(C)C)cc1. The lowest BCUT2D eigenvalue weighted by Crippen LogP contribution is -2.29. The second-order valence-corrected chi connectivity index (χ2v) is 6.02. The highest BCUT2D eigenvalue weighted by Gasteiger charge is 2.18. The van der Waals surface area contributed by atoms with Gasteiger partial charge in [0.2, 0.25) is 0 Å². The van der Waals surface area contributed by atoms with Crippen LogP contribution in [0.1, 0.15) is 28.9 Å². The first kappa shape index (κ1) is 16.4. The third-order valence-corrected chi connectivity index (χ3v) is 4.14. The largest absolute Gasteiger partial charge is 0.378 e. The summed E-state index contributed by atoms with van der Waals surface area (Å²) in [5, 5.41) is 0.698. The zero-order valence-corrected chi connectivity index (χ0v) is 14.1. The fourth-order valence-electron chi connectivity index (χ4n) is 2.25. The molecule has 3 nitrogen and oxygen atoms in total. The molecule has 0 aliphatic carbocycles. The predicted octanol–water partition coefficient (Wildman–Crippen LogP) is 4.24. The van der Waals surface area contributed by atoms with Gasteiger partial charge < -0.3 is 9.80 Å². The first-order chi connectivity index (χ1) is 10.4. The smallest absolute Gasteiger partial charge is 0.254 e. The van der Waals surface area contributed by atoms with Gasteiger partial charge in [-0.25, -0.2) is 0 Å². The zero-order valence-electron chi connectivity index (χ0n) is 13.4. The Hall–Kier alpha value is -2.00. The van der Waals surface area contributed by atoms with Crippen LogP contribution in [0.25, 0.3) is 0 Å². The van der Waals surface area contributed by atoms with Crippen molar-refractivity contribution in [3.05, 3.63) is 64.7 Å². The molecule has 0 aliphatic heterocycles. The van der Waals surface area contributed by atoms with Crippen LogP contribution in [0.3, 0.4) is 0 Å². The quantitative estimate of drug-likeness (QED) is 0.842. The Bertz CT molecular complexity index is 635. The van der Waals surface area contributed by atoms with Crippen LogP contribution in [0.2, 0.25) is 5.02 Å². The Morgan fingerprint density at radius 1 is 0.955 bits per heavy atom. The summed E-state index contributed by atoms with van der Waals surface area (Å²) in [4.78, 5) is 16.3. The van der Waals surface area contributed by atoms with E-state index < -0.39 is 0 Å². The van der Waals surface area contributed by atoms with Gasteiger partial charge in [0.15, 0.2) is 0 Å². The number of carbonyl (C=O) groups excluding carboxylic acids is 1. The fourth-order valence-corrected chi connectivity index (χ4v) is 2.37. The molecule has 0 aromatic heterocycles. The van der Waals surface area contributed by atoms with Crippen molar-refractivity contribution in [2.24, 2.45) is 0 Å². The molecule has 0 saturated carbocycles. The summed E-state index contributed by atoms with van der Waals surface area (Å²) < 4.78 is 0. The van der Waals surface area contributed by atoms with E-state index in [1.54, 1.807) is 4.90 Å². The Balaban J connectivity index is 2.15. The summed E-state index contributed by atoms with van der Waals surface area (Å²) in [6.45, 7) is 2.01. The number of rotatable bonds is 4. The molecule has 0 bridgehead atoms. The molecule has 0 N–H and O–H groups in total. The zero-order chi connectivity index (χ0) is 16.3. The fraction of sp³-hybridized carbons (Fsp3) is 0.278. The van der Waals surface area contributed by atoms with Gasteiger partial charge in [-0.3, -0.25) is 4.79 Å². The molecular formula is C18H21ClN2O. The van der Waals surface area contributed by atoms with Crippen LogP contribution in [0.5, 0.6) is 0 Å². The van der Waals surface area contributed by atoms with Crippen molar-refractivity contribution in [2.75, 3.05) is 26.0 Å². The molecule has 2 aromatic rings. The molecule has 0 radical (unpaired) electrons. The van der Waals surface area contributed by atoms with Crippen molar-refractivity contribution < 1.29 is 4.79 Å². The van der Waals surface area contributed by atoms with Crippen molar-refractivity contribution in [1.82, 2.24) is 4.90 Å². The molecule has 0 heterocycles. The minimum atomic E-state index is -0.0155. The van der Waals surface area contributed by atoms with Gasteiger partial charge in [0, 0.05) is 37.4 Å². The van der Waals surface area contributed by atoms with Crippen LogP contribution >= 0.6 is 11.6 Å². The molecule has 4 heteroatoms. The van der Waals surface area contributed by atoms with Crippen LogP contribution < -0.4 is 4.90 Å². The van der Waals surface area contributed by atoms with E-state index in [1.807, 2.05) is 81.5 Å². The number of amides is 1. The summed E-state index contributed by atoms with van der Waals surface area (Å²) >= 11 is 5.91.